The average Bonchev–Trinajstić information content (AvgIpc) is 2.67. The van der Waals surface area contributed by atoms with E-state index in [1.807, 2.05) is 30.3 Å². The van der Waals surface area contributed by atoms with Crippen molar-refractivity contribution in [1.29, 1.82) is 0 Å². The Labute approximate surface area is 148 Å². The Morgan fingerprint density at radius 2 is 1.44 bits per heavy atom. The molecule has 0 spiro atoms. The number of rotatable bonds is 5. The Balaban J connectivity index is 1.89. The summed E-state index contributed by atoms with van der Waals surface area (Å²) in [6, 6.07) is 25.1. The van der Waals surface area contributed by atoms with Crippen LogP contribution in [0.5, 0.6) is 5.75 Å². The summed E-state index contributed by atoms with van der Waals surface area (Å²) in [6.07, 6.45) is 0. The van der Waals surface area contributed by atoms with Crippen molar-refractivity contribution in [3.8, 4) is 5.75 Å². The van der Waals surface area contributed by atoms with E-state index in [1.54, 1.807) is 31.4 Å². The van der Waals surface area contributed by atoms with Crippen LogP contribution in [-0.2, 0) is 0 Å². The number of benzene rings is 3. The fourth-order valence-electron chi connectivity index (χ4n) is 2.72. The molecule has 126 valence electrons. The number of aryl methyl sites for hydroxylation is 1. The van der Waals surface area contributed by atoms with Crippen LogP contribution in [0, 0.1) is 6.92 Å². The summed E-state index contributed by atoms with van der Waals surface area (Å²) in [5.41, 5.74) is 3.90. The number of hydrogen-bond donors (Lipinski definition) is 1. The number of carbonyl (C=O) groups excluding carboxylic acids is 1. The molecule has 0 bridgehead atoms. The van der Waals surface area contributed by atoms with Crippen molar-refractivity contribution in [2.75, 3.05) is 7.11 Å². The third-order valence-electron chi connectivity index (χ3n) is 4.17. The van der Waals surface area contributed by atoms with Gasteiger partial charge in [-0.15, -0.1) is 0 Å². The highest BCUT2D eigenvalue weighted by molar-refractivity contribution is 5.94. The van der Waals surface area contributed by atoms with Gasteiger partial charge in [0, 0.05) is 5.56 Å². The van der Waals surface area contributed by atoms with Crippen LogP contribution in [-0.4, -0.2) is 13.0 Å². The first kappa shape index (κ1) is 16.8. The van der Waals surface area contributed by atoms with Crippen LogP contribution in [0.3, 0.4) is 0 Å². The third-order valence-corrected chi connectivity index (χ3v) is 4.17. The molecule has 0 radical (unpaired) electrons. The largest absolute Gasteiger partial charge is 0.497 e. The first-order chi connectivity index (χ1) is 12.2. The van der Waals surface area contributed by atoms with Gasteiger partial charge in [0.2, 0.25) is 0 Å². The summed E-state index contributed by atoms with van der Waals surface area (Å²) < 4.78 is 5.15. The molecule has 1 amide bonds. The second kappa shape index (κ2) is 7.67. The molecule has 3 rings (SSSR count). The third kappa shape index (κ3) is 4.07. The van der Waals surface area contributed by atoms with E-state index in [4.69, 9.17) is 4.74 Å². The van der Waals surface area contributed by atoms with Crippen molar-refractivity contribution in [2.45, 2.75) is 13.0 Å². The molecule has 1 atom stereocenters. The lowest BCUT2D eigenvalue weighted by atomic mass is 9.97. The van der Waals surface area contributed by atoms with Gasteiger partial charge in [0.05, 0.1) is 13.2 Å². The highest BCUT2D eigenvalue weighted by atomic mass is 16.5. The number of carbonyl (C=O) groups is 1. The quantitative estimate of drug-likeness (QED) is 0.746. The molecule has 0 fully saturated rings. The van der Waals surface area contributed by atoms with Crippen molar-refractivity contribution in [2.24, 2.45) is 0 Å². The van der Waals surface area contributed by atoms with Gasteiger partial charge >= 0.3 is 0 Å². The predicted octanol–water partition coefficient (Wildman–Crippen LogP) is 4.52. The van der Waals surface area contributed by atoms with Gasteiger partial charge in [-0.2, -0.15) is 0 Å². The van der Waals surface area contributed by atoms with E-state index < -0.39 is 0 Å². The molecule has 0 saturated carbocycles. The van der Waals surface area contributed by atoms with Crippen LogP contribution in [0.25, 0.3) is 0 Å². The molecule has 3 heteroatoms. The molecule has 0 unspecified atom stereocenters. The van der Waals surface area contributed by atoms with E-state index >= 15 is 0 Å². The SMILES string of the molecule is COc1ccc(C(=O)N[C@@H](c2ccccc2)c2ccc(C)cc2)cc1. The maximum atomic E-state index is 12.7. The lowest BCUT2D eigenvalue weighted by Gasteiger charge is -2.20. The van der Waals surface area contributed by atoms with Crippen molar-refractivity contribution in [1.82, 2.24) is 5.32 Å². The molecule has 0 aliphatic rings. The molecule has 3 nitrogen and oxygen atoms in total. The van der Waals surface area contributed by atoms with Gasteiger partial charge in [0.15, 0.2) is 0 Å². The van der Waals surface area contributed by atoms with Crippen LogP contribution < -0.4 is 10.1 Å². The van der Waals surface area contributed by atoms with E-state index in [0.717, 1.165) is 16.9 Å². The van der Waals surface area contributed by atoms with Crippen molar-refractivity contribution >= 4 is 5.91 Å². The molecule has 1 N–H and O–H groups in total. The molecule has 0 saturated heterocycles. The van der Waals surface area contributed by atoms with E-state index in [-0.39, 0.29) is 11.9 Å². The first-order valence-corrected chi connectivity index (χ1v) is 8.24. The molecule has 3 aromatic carbocycles. The van der Waals surface area contributed by atoms with Gasteiger partial charge in [0.1, 0.15) is 5.75 Å². The van der Waals surface area contributed by atoms with Crippen molar-refractivity contribution in [3.05, 3.63) is 101 Å². The molecule has 0 aliphatic carbocycles. The highest BCUT2D eigenvalue weighted by Crippen LogP contribution is 2.23. The Morgan fingerprint density at radius 1 is 0.840 bits per heavy atom. The van der Waals surface area contributed by atoms with E-state index in [9.17, 15) is 4.79 Å². The highest BCUT2D eigenvalue weighted by Gasteiger charge is 2.17. The van der Waals surface area contributed by atoms with Crippen molar-refractivity contribution in [3.63, 3.8) is 0 Å². The Bertz CT molecular complexity index is 824. The first-order valence-electron chi connectivity index (χ1n) is 8.24. The lowest BCUT2D eigenvalue weighted by Crippen LogP contribution is -2.29. The smallest absolute Gasteiger partial charge is 0.252 e. The minimum atomic E-state index is -0.198. The van der Waals surface area contributed by atoms with E-state index in [1.165, 1.54) is 5.56 Å². The average molecular weight is 331 g/mol. The zero-order chi connectivity index (χ0) is 17.6. The number of hydrogen-bond acceptors (Lipinski definition) is 2. The van der Waals surface area contributed by atoms with Gasteiger partial charge in [-0.1, -0.05) is 60.2 Å². The number of amides is 1. The van der Waals surface area contributed by atoms with Gasteiger partial charge in [-0.25, -0.2) is 0 Å². The maximum absolute atomic E-state index is 12.7. The Morgan fingerprint density at radius 3 is 2.04 bits per heavy atom. The van der Waals surface area contributed by atoms with Crippen LogP contribution in [0.2, 0.25) is 0 Å². The second-order valence-electron chi connectivity index (χ2n) is 5.96. The van der Waals surface area contributed by atoms with Crippen LogP contribution in [0.15, 0.2) is 78.9 Å². The molecule has 0 aromatic heterocycles. The minimum absolute atomic E-state index is 0.114. The summed E-state index contributed by atoms with van der Waals surface area (Å²) in [6.45, 7) is 2.05. The summed E-state index contributed by atoms with van der Waals surface area (Å²) in [4.78, 5) is 12.7. The number of nitrogens with one attached hydrogen (secondary N) is 1. The topological polar surface area (TPSA) is 38.3 Å². The van der Waals surface area contributed by atoms with Gasteiger partial charge in [0.25, 0.3) is 5.91 Å². The van der Waals surface area contributed by atoms with E-state index in [0.29, 0.717) is 5.56 Å². The van der Waals surface area contributed by atoms with Gasteiger partial charge in [-0.3, -0.25) is 4.79 Å². The Hall–Kier alpha value is -3.07. The van der Waals surface area contributed by atoms with Crippen LogP contribution in [0.4, 0.5) is 0 Å². The summed E-state index contributed by atoms with van der Waals surface area (Å²) >= 11 is 0. The maximum Gasteiger partial charge on any atom is 0.252 e. The van der Waals surface area contributed by atoms with Gasteiger partial charge in [-0.05, 0) is 42.3 Å². The minimum Gasteiger partial charge on any atom is -0.497 e. The number of methoxy groups -OCH3 is 1. The van der Waals surface area contributed by atoms with E-state index in [2.05, 4.69) is 36.5 Å². The predicted molar refractivity (Wildman–Crippen MR) is 99.9 cm³/mol. The zero-order valence-corrected chi connectivity index (χ0v) is 14.4. The standard InChI is InChI=1S/C22H21NO2/c1-16-8-10-18(11-9-16)21(17-6-4-3-5-7-17)23-22(24)19-12-14-20(25-2)15-13-19/h3-15,21H,1-2H3,(H,23,24)/t21-/m0/s1. The molecular weight excluding hydrogens is 310 g/mol. The molecule has 0 heterocycles. The van der Waals surface area contributed by atoms with Crippen LogP contribution in [0.1, 0.15) is 33.1 Å². The summed E-state index contributed by atoms with van der Waals surface area (Å²) in [5, 5.41) is 3.14. The molecular formula is C22H21NO2. The van der Waals surface area contributed by atoms with Crippen LogP contribution >= 0.6 is 0 Å². The number of ether oxygens (including phenoxy) is 1. The Kier molecular flexibility index (Phi) is 5.14. The fourth-order valence-corrected chi connectivity index (χ4v) is 2.72. The monoisotopic (exact) mass is 331 g/mol. The zero-order valence-electron chi connectivity index (χ0n) is 14.4. The lowest BCUT2D eigenvalue weighted by molar-refractivity contribution is 0.0943. The molecule has 25 heavy (non-hydrogen) atoms. The summed E-state index contributed by atoms with van der Waals surface area (Å²) in [7, 11) is 1.61. The summed E-state index contributed by atoms with van der Waals surface area (Å²) in [5.74, 6) is 0.617. The molecule has 3 aromatic rings. The molecule has 0 aliphatic heterocycles. The second-order valence-corrected chi connectivity index (χ2v) is 5.96. The van der Waals surface area contributed by atoms with Crippen molar-refractivity contribution < 1.29 is 9.53 Å². The normalized spacial score (nSPS) is 11.6. The van der Waals surface area contributed by atoms with Gasteiger partial charge < -0.3 is 10.1 Å². The fraction of sp³-hybridized carbons (Fsp3) is 0.136.